The molecule has 2 bridgehead atoms. The standard InChI is InChI=1S/C27H34ClN3O5/c1-6-14-29(5)23(33)20-21-24(34)31(17(3)16-32)22(27(21)13-12-26(20,4)36-27)25(35)30(15-7-2)19-11-9-8-10-18(19)28/h6-11,17,20-22,32H,1-2,12-16H2,3-5H3/t17-,20-,21+,22?,26+,27?/m1/s1. The Kier molecular flexibility index (Phi) is 7.07. The van der Waals surface area contributed by atoms with Gasteiger partial charge in [0.1, 0.15) is 11.6 Å². The molecule has 3 fully saturated rings. The Morgan fingerprint density at radius 1 is 1.25 bits per heavy atom. The first-order valence-electron chi connectivity index (χ1n) is 12.2. The third kappa shape index (κ3) is 3.78. The fourth-order valence-corrected chi connectivity index (χ4v) is 6.59. The second-order valence-electron chi connectivity index (χ2n) is 10.2. The van der Waals surface area contributed by atoms with Gasteiger partial charge in [0, 0.05) is 20.1 Å². The number of nitrogens with zero attached hydrogens (tertiary/aromatic N) is 3. The Morgan fingerprint density at radius 3 is 2.53 bits per heavy atom. The third-order valence-corrected chi connectivity index (χ3v) is 8.27. The summed E-state index contributed by atoms with van der Waals surface area (Å²) < 4.78 is 6.63. The number of fused-ring (bicyclic) bond motifs is 1. The lowest BCUT2D eigenvalue weighted by atomic mass is 9.66. The summed E-state index contributed by atoms with van der Waals surface area (Å²) in [5.74, 6) is -2.52. The number of rotatable bonds is 9. The Hall–Kier alpha value is -2.68. The normalized spacial score (nSPS) is 31.2. The van der Waals surface area contributed by atoms with Crippen LogP contribution in [0.3, 0.4) is 0 Å². The average molecular weight is 516 g/mol. The van der Waals surface area contributed by atoms with Crippen LogP contribution in [-0.2, 0) is 19.1 Å². The van der Waals surface area contributed by atoms with Crippen LogP contribution in [0.25, 0.3) is 0 Å². The monoisotopic (exact) mass is 515 g/mol. The smallest absolute Gasteiger partial charge is 0.253 e. The first kappa shape index (κ1) is 26.4. The molecule has 9 heteroatoms. The number of likely N-dealkylation sites (N-methyl/N-ethyl adjacent to an activating group) is 1. The van der Waals surface area contributed by atoms with Crippen LogP contribution in [0.2, 0.25) is 5.02 Å². The van der Waals surface area contributed by atoms with Gasteiger partial charge in [0.2, 0.25) is 11.8 Å². The number of aliphatic hydroxyl groups is 1. The SMILES string of the molecule is C=CCN(C)C(=O)[C@H]1[C@H]2C(=O)N([C@H](C)CO)C(C(=O)N(CC=C)c3ccccc3Cl)C23CC[C@]1(C)O3. The molecule has 3 saturated heterocycles. The Labute approximate surface area is 217 Å². The maximum atomic E-state index is 14.4. The van der Waals surface area contributed by atoms with Crippen molar-refractivity contribution in [2.24, 2.45) is 11.8 Å². The topological polar surface area (TPSA) is 90.4 Å². The summed E-state index contributed by atoms with van der Waals surface area (Å²) in [6.07, 6.45) is 4.21. The van der Waals surface area contributed by atoms with Crippen molar-refractivity contribution in [2.75, 3.05) is 31.6 Å². The molecule has 3 aliphatic heterocycles. The van der Waals surface area contributed by atoms with Crippen LogP contribution >= 0.6 is 11.6 Å². The van der Waals surface area contributed by atoms with Crippen molar-refractivity contribution in [1.82, 2.24) is 9.80 Å². The molecule has 8 nitrogen and oxygen atoms in total. The second-order valence-corrected chi connectivity index (χ2v) is 10.6. The zero-order valence-corrected chi connectivity index (χ0v) is 21.8. The quantitative estimate of drug-likeness (QED) is 0.511. The van der Waals surface area contributed by atoms with E-state index in [1.165, 1.54) is 14.7 Å². The van der Waals surface area contributed by atoms with E-state index in [0.29, 0.717) is 30.1 Å². The van der Waals surface area contributed by atoms with Crippen molar-refractivity contribution in [3.8, 4) is 0 Å². The molecule has 36 heavy (non-hydrogen) atoms. The number of carbonyl (C=O) groups is 3. The maximum Gasteiger partial charge on any atom is 0.253 e. The van der Waals surface area contributed by atoms with Crippen LogP contribution in [0.15, 0.2) is 49.6 Å². The molecule has 6 atom stereocenters. The molecule has 1 N–H and O–H groups in total. The highest BCUT2D eigenvalue weighted by Crippen LogP contribution is 2.63. The summed E-state index contributed by atoms with van der Waals surface area (Å²) in [4.78, 5) is 46.5. The van der Waals surface area contributed by atoms with Gasteiger partial charge in [-0.25, -0.2) is 0 Å². The predicted molar refractivity (Wildman–Crippen MR) is 137 cm³/mol. The predicted octanol–water partition coefficient (Wildman–Crippen LogP) is 2.65. The molecule has 4 rings (SSSR count). The molecular weight excluding hydrogens is 482 g/mol. The van der Waals surface area contributed by atoms with Gasteiger partial charge in [-0.3, -0.25) is 14.4 Å². The van der Waals surface area contributed by atoms with E-state index in [1.54, 1.807) is 50.4 Å². The molecule has 3 amide bonds. The third-order valence-electron chi connectivity index (χ3n) is 7.95. The van der Waals surface area contributed by atoms with Crippen LogP contribution < -0.4 is 4.90 Å². The second kappa shape index (κ2) is 9.65. The highest BCUT2D eigenvalue weighted by atomic mass is 35.5. The molecule has 2 unspecified atom stereocenters. The number of hydrogen-bond donors (Lipinski definition) is 1. The van der Waals surface area contributed by atoms with Crippen molar-refractivity contribution in [2.45, 2.75) is 50.0 Å². The van der Waals surface area contributed by atoms with Gasteiger partial charge in [-0.1, -0.05) is 35.9 Å². The van der Waals surface area contributed by atoms with E-state index in [0.717, 1.165) is 0 Å². The van der Waals surface area contributed by atoms with Crippen LogP contribution in [0.1, 0.15) is 26.7 Å². The summed E-state index contributed by atoms with van der Waals surface area (Å²) in [7, 11) is 1.67. The summed E-state index contributed by atoms with van der Waals surface area (Å²) >= 11 is 6.46. The van der Waals surface area contributed by atoms with Gasteiger partial charge >= 0.3 is 0 Å². The number of ether oxygens (including phenoxy) is 1. The molecule has 1 aromatic carbocycles. The number of halogens is 1. The minimum Gasteiger partial charge on any atom is -0.394 e. The Morgan fingerprint density at radius 2 is 1.92 bits per heavy atom. The summed E-state index contributed by atoms with van der Waals surface area (Å²) in [6, 6.07) is 5.30. The van der Waals surface area contributed by atoms with E-state index in [1.807, 2.05) is 6.92 Å². The largest absolute Gasteiger partial charge is 0.394 e. The number of anilines is 1. The van der Waals surface area contributed by atoms with Crippen LogP contribution in [0.4, 0.5) is 5.69 Å². The highest BCUT2D eigenvalue weighted by Gasteiger charge is 2.78. The highest BCUT2D eigenvalue weighted by molar-refractivity contribution is 6.34. The first-order chi connectivity index (χ1) is 17.1. The fraction of sp³-hybridized carbons (Fsp3) is 0.519. The van der Waals surface area contributed by atoms with Crippen molar-refractivity contribution < 1.29 is 24.2 Å². The minimum absolute atomic E-state index is 0.164. The van der Waals surface area contributed by atoms with E-state index in [9.17, 15) is 19.5 Å². The van der Waals surface area contributed by atoms with Crippen LogP contribution in [0, 0.1) is 11.8 Å². The number of likely N-dealkylation sites (tertiary alicyclic amines) is 1. The zero-order valence-electron chi connectivity index (χ0n) is 21.0. The van der Waals surface area contributed by atoms with Gasteiger partial charge < -0.3 is 24.5 Å². The van der Waals surface area contributed by atoms with E-state index in [-0.39, 0.29) is 30.9 Å². The fourth-order valence-electron chi connectivity index (χ4n) is 6.36. The van der Waals surface area contributed by atoms with Gasteiger partial charge in [-0.05, 0) is 38.8 Å². The van der Waals surface area contributed by atoms with Crippen molar-refractivity contribution in [1.29, 1.82) is 0 Å². The van der Waals surface area contributed by atoms with E-state index in [2.05, 4.69) is 13.2 Å². The number of carbonyl (C=O) groups excluding carboxylic acids is 3. The lowest BCUT2D eigenvalue weighted by Crippen LogP contribution is -2.58. The number of amides is 3. The van der Waals surface area contributed by atoms with Gasteiger partial charge in [-0.2, -0.15) is 0 Å². The minimum atomic E-state index is -1.19. The van der Waals surface area contributed by atoms with Gasteiger partial charge in [0.15, 0.2) is 0 Å². The van der Waals surface area contributed by atoms with Gasteiger partial charge in [0.25, 0.3) is 5.91 Å². The van der Waals surface area contributed by atoms with Crippen LogP contribution in [-0.4, -0.2) is 82.7 Å². The molecule has 0 aromatic heterocycles. The summed E-state index contributed by atoms with van der Waals surface area (Å²) in [5, 5.41) is 10.4. The number of hydrogen-bond acceptors (Lipinski definition) is 5. The summed E-state index contributed by atoms with van der Waals surface area (Å²) in [5.41, 5.74) is -1.58. The summed E-state index contributed by atoms with van der Waals surface area (Å²) in [6.45, 7) is 11.2. The molecule has 0 radical (unpaired) electrons. The number of benzene rings is 1. The lowest BCUT2D eigenvalue weighted by molar-refractivity contribution is -0.151. The molecule has 1 aromatic rings. The number of aliphatic hydroxyl groups excluding tert-OH is 1. The van der Waals surface area contributed by atoms with E-state index >= 15 is 0 Å². The molecule has 194 valence electrons. The van der Waals surface area contributed by atoms with Crippen molar-refractivity contribution in [3.63, 3.8) is 0 Å². The average Bonchev–Trinajstić information content (AvgIpc) is 3.42. The van der Waals surface area contributed by atoms with Crippen molar-refractivity contribution in [3.05, 3.63) is 54.6 Å². The lowest BCUT2D eigenvalue weighted by Gasteiger charge is -2.38. The zero-order chi connectivity index (χ0) is 26.4. The molecule has 3 heterocycles. The Bertz CT molecular complexity index is 1090. The molecule has 0 aliphatic carbocycles. The van der Waals surface area contributed by atoms with E-state index < -0.39 is 35.1 Å². The Balaban J connectivity index is 1.84. The molecule has 0 saturated carbocycles. The maximum absolute atomic E-state index is 14.4. The van der Waals surface area contributed by atoms with Gasteiger partial charge in [-0.15, -0.1) is 13.2 Å². The van der Waals surface area contributed by atoms with Crippen molar-refractivity contribution >= 4 is 35.0 Å². The van der Waals surface area contributed by atoms with Crippen LogP contribution in [0.5, 0.6) is 0 Å². The van der Waals surface area contributed by atoms with Gasteiger partial charge in [0.05, 0.1) is 40.8 Å². The molecule has 3 aliphatic rings. The van der Waals surface area contributed by atoms with E-state index in [4.69, 9.17) is 16.3 Å². The molecule has 1 spiro atoms. The number of para-hydroxylation sites is 1. The first-order valence-corrected chi connectivity index (χ1v) is 12.6. The molecular formula is C27H34ClN3O5.